The Hall–Kier alpha value is -1.30. The van der Waals surface area contributed by atoms with Crippen LogP contribution in [0.1, 0.15) is 31.7 Å². The molecule has 2 unspecified atom stereocenters. The molecule has 3 nitrogen and oxygen atoms in total. The van der Waals surface area contributed by atoms with Crippen molar-refractivity contribution in [1.82, 2.24) is 4.98 Å². The highest BCUT2D eigenvalue weighted by molar-refractivity contribution is 5.41. The summed E-state index contributed by atoms with van der Waals surface area (Å²) >= 11 is 0. The lowest BCUT2D eigenvalue weighted by Gasteiger charge is -2.39. The Balaban J connectivity index is 2.14. The van der Waals surface area contributed by atoms with Gasteiger partial charge >= 0.3 is 6.18 Å². The van der Waals surface area contributed by atoms with Gasteiger partial charge in [0.25, 0.3) is 0 Å². The zero-order chi connectivity index (χ0) is 14.8. The lowest BCUT2D eigenvalue weighted by molar-refractivity contribution is -0.137. The Kier molecular flexibility index (Phi) is 4.52. The molecule has 1 fully saturated rings. The lowest BCUT2D eigenvalue weighted by Crippen LogP contribution is -2.47. The van der Waals surface area contributed by atoms with Crippen molar-refractivity contribution in [2.45, 2.75) is 38.4 Å². The molecule has 2 rings (SSSR count). The number of hydrogen-bond donors (Lipinski definition) is 1. The molecule has 2 N–H and O–H groups in total. The molecule has 1 aliphatic heterocycles. The van der Waals surface area contributed by atoms with Crippen LogP contribution in [0.2, 0.25) is 0 Å². The van der Waals surface area contributed by atoms with Crippen molar-refractivity contribution in [1.29, 1.82) is 0 Å². The van der Waals surface area contributed by atoms with Crippen molar-refractivity contribution in [2.75, 3.05) is 18.0 Å². The van der Waals surface area contributed by atoms with E-state index in [-0.39, 0.29) is 6.04 Å². The molecule has 1 aromatic heterocycles. The van der Waals surface area contributed by atoms with E-state index in [1.165, 1.54) is 6.07 Å². The minimum absolute atomic E-state index is 0.165. The molecule has 0 radical (unpaired) electrons. The van der Waals surface area contributed by atoms with Crippen LogP contribution in [-0.4, -0.2) is 24.1 Å². The number of hydrogen-bond acceptors (Lipinski definition) is 3. The zero-order valence-corrected chi connectivity index (χ0v) is 11.5. The average molecular weight is 287 g/mol. The fourth-order valence-electron chi connectivity index (χ4n) is 2.75. The van der Waals surface area contributed by atoms with Gasteiger partial charge in [-0.3, -0.25) is 0 Å². The molecule has 0 spiro atoms. The number of anilines is 1. The number of alkyl halides is 3. The number of pyridine rings is 1. The standard InChI is InChI=1S/C14H20F3N3/c1-2-10-5-6-20(12(7-10)8-18)13-4-3-11(9-19-13)14(15,16)17/h3-4,9-10,12H,2,5-8,18H2,1H3. The van der Waals surface area contributed by atoms with Crippen LogP contribution in [0.15, 0.2) is 18.3 Å². The molecule has 112 valence electrons. The second-order valence-corrected chi connectivity index (χ2v) is 5.28. The molecule has 0 saturated carbocycles. The predicted molar refractivity (Wildman–Crippen MR) is 72.4 cm³/mol. The Morgan fingerprint density at radius 1 is 1.40 bits per heavy atom. The van der Waals surface area contributed by atoms with E-state index in [0.29, 0.717) is 18.3 Å². The maximum atomic E-state index is 12.5. The van der Waals surface area contributed by atoms with Crippen LogP contribution in [0.4, 0.5) is 19.0 Å². The minimum Gasteiger partial charge on any atom is -0.352 e. The van der Waals surface area contributed by atoms with Gasteiger partial charge in [-0.25, -0.2) is 4.98 Å². The first-order valence-electron chi connectivity index (χ1n) is 6.95. The summed E-state index contributed by atoms with van der Waals surface area (Å²) in [6, 6.07) is 2.69. The molecule has 1 saturated heterocycles. The van der Waals surface area contributed by atoms with Crippen molar-refractivity contribution in [2.24, 2.45) is 11.7 Å². The fourth-order valence-corrected chi connectivity index (χ4v) is 2.75. The summed E-state index contributed by atoms with van der Waals surface area (Å²) in [6.45, 7) is 3.46. The van der Waals surface area contributed by atoms with Gasteiger partial charge in [0.1, 0.15) is 5.82 Å². The third-order valence-electron chi connectivity index (χ3n) is 4.04. The maximum absolute atomic E-state index is 12.5. The summed E-state index contributed by atoms with van der Waals surface area (Å²) in [5, 5.41) is 0. The summed E-state index contributed by atoms with van der Waals surface area (Å²) in [7, 11) is 0. The first-order valence-corrected chi connectivity index (χ1v) is 6.95. The first kappa shape index (κ1) is 15.1. The number of rotatable bonds is 3. The van der Waals surface area contributed by atoms with Gasteiger partial charge in [0.15, 0.2) is 0 Å². The highest BCUT2D eigenvalue weighted by Gasteiger charge is 2.32. The molecule has 0 amide bonds. The number of piperidine rings is 1. The first-order chi connectivity index (χ1) is 9.45. The summed E-state index contributed by atoms with van der Waals surface area (Å²) < 4.78 is 37.6. The Labute approximate surface area is 117 Å². The zero-order valence-electron chi connectivity index (χ0n) is 11.5. The fraction of sp³-hybridized carbons (Fsp3) is 0.643. The van der Waals surface area contributed by atoms with Gasteiger partial charge in [-0.1, -0.05) is 13.3 Å². The third-order valence-corrected chi connectivity index (χ3v) is 4.04. The molecular formula is C14H20F3N3. The molecule has 1 aromatic rings. The highest BCUT2D eigenvalue weighted by Crippen LogP contribution is 2.31. The van der Waals surface area contributed by atoms with Gasteiger partial charge in [0, 0.05) is 25.3 Å². The van der Waals surface area contributed by atoms with E-state index in [0.717, 1.165) is 38.1 Å². The number of halogens is 3. The smallest absolute Gasteiger partial charge is 0.352 e. The highest BCUT2D eigenvalue weighted by atomic mass is 19.4. The predicted octanol–water partition coefficient (Wildman–Crippen LogP) is 3.05. The van der Waals surface area contributed by atoms with Crippen molar-refractivity contribution in [3.05, 3.63) is 23.9 Å². The van der Waals surface area contributed by atoms with Crippen LogP contribution in [-0.2, 0) is 6.18 Å². The van der Waals surface area contributed by atoms with Gasteiger partial charge in [-0.2, -0.15) is 13.2 Å². The van der Waals surface area contributed by atoms with Gasteiger partial charge in [-0.05, 0) is 30.9 Å². The maximum Gasteiger partial charge on any atom is 0.417 e. The summed E-state index contributed by atoms with van der Waals surface area (Å²) in [6.07, 6.45) is -0.307. The molecule has 0 bridgehead atoms. The molecule has 0 aliphatic carbocycles. The lowest BCUT2D eigenvalue weighted by atomic mass is 9.89. The molecule has 2 heterocycles. The SMILES string of the molecule is CCC1CCN(c2ccc(C(F)(F)F)cn2)C(CN)C1. The van der Waals surface area contributed by atoms with Crippen LogP contribution in [0, 0.1) is 5.92 Å². The summed E-state index contributed by atoms with van der Waals surface area (Å²) in [5.74, 6) is 1.23. The average Bonchev–Trinajstić information content (AvgIpc) is 2.45. The summed E-state index contributed by atoms with van der Waals surface area (Å²) in [5.41, 5.74) is 5.08. The van der Waals surface area contributed by atoms with E-state index in [4.69, 9.17) is 5.73 Å². The topological polar surface area (TPSA) is 42.2 Å². The van der Waals surface area contributed by atoms with Crippen molar-refractivity contribution >= 4 is 5.82 Å². The van der Waals surface area contributed by atoms with Gasteiger partial charge < -0.3 is 10.6 Å². The number of aromatic nitrogens is 1. The summed E-state index contributed by atoms with van der Waals surface area (Å²) in [4.78, 5) is 6.00. The molecule has 1 aliphatic rings. The van der Waals surface area contributed by atoms with Crippen molar-refractivity contribution in [3.63, 3.8) is 0 Å². The van der Waals surface area contributed by atoms with E-state index in [1.807, 2.05) is 4.90 Å². The van der Waals surface area contributed by atoms with Crippen molar-refractivity contribution in [3.8, 4) is 0 Å². The second kappa shape index (κ2) is 5.99. The molecule has 0 aromatic carbocycles. The third kappa shape index (κ3) is 3.23. The van der Waals surface area contributed by atoms with Crippen LogP contribution in [0.5, 0.6) is 0 Å². The molecule has 2 atom stereocenters. The van der Waals surface area contributed by atoms with E-state index in [9.17, 15) is 13.2 Å². The van der Waals surface area contributed by atoms with E-state index < -0.39 is 11.7 Å². The Morgan fingerprint density at radius 2 is 2.15 bits per heavy atom. The molecule has 20 heavy (non-hydrogen) atoms. The van der Waals surface area contributed by atoms with Crippen LogP contribution in [0.3, 0.4) is 0 Å². The van der Waals surface area contributed by atoms with Gasteiger partial charge in [0.05, 0.1) is 5.56 Å². The quantitative estimate of drug-likeness (QED) is 0.929. The van der Waals surface area contributed by atoms with Gasteiger partial charge in [0.2, 0.25) is 0 Å². The molecular weight excluding hydrogens is 267 g/mol. The monoisotopic (exact) mass is 287 g/mol. The largest absolute Gasteiger partial charge is 0.417 e. The second-order valence-electron chi connectivity index (χ2n) is 5.28. The van der Waals surface area contributed by atoms with Crippen LogP contribution < -0.4 is 10.6 Å². The van der Waals surface area contributed by atoms with E-state index in [1.54, 1.807) is 0 Å². The van der Waals surface area contributed by atoms with Crippen molar-refractivity contribution < 1.29 is 13.2 Å². The van der Waals surface area contributed by atoms with Crippen LogP contribution in [0.25, 0.3) is 0 Å². The van der Waals surface area contributed by atoms with Gasteiger partial charge in [-0.15, -0.1) is 0 Å². The number of nitrogens with two attached hydrogens (primary N) is 1. The Morgan fingerprint density at radius 3 is 2.65 bits per heavy atom. The minimum atomic E-state index is -4.34. The Bertz CT molecular complexity index is 430. The number of nitrogens with zero attached hydrogens (tertiary/aromatic N) is 2. The van der Waals surface area contributed by atoms with Crippen LogP contribution >= 0.6 is 0 Å². The van der Waals surface area contributed by atoms with E-state index in [2.05, 4.69) is 11.9 Å². The normalized spacial score (nSPS) is 23.9. The van der Waals surface area contributed by atoms with E-state index >= 15 is 0 Å². The molecule has 6 heteroatoms.